The summed E-state index contributed by atoms with van der Waals surface area (Å²) in [5.74, 6) is 1.67. The molecule has 6 aromatic heterocycles. The number of rotatable bonds is 7. The predicted octanol–water partition coefficient (Wildman–Crippen LogP) is 20.6. The minimum Gasteiger partial charge on any atom is -0.456 e. The van der Waals surface area contributed by atoms with E-state index >= 15 is 0 Å². The molecule has 0 bridgehead atoms. The highest BCUT2D eigenvalue weighted by molar-refractivity contribution is 7.26. The van der Waals surface area contributed by atoms with Crippen LogP contribution in [0, 0.1) is 0 Å². The zero-order chi connectivity index (χ0) is 54.3. The number of hydrogen-bond acceptors (Lipinski definition) is 6. The summed E-state index contributed by atoms with van der Waals surface area (Å²) >= 11 is 1.84. The molecule has 7 nitrogen and oxygen atoms in total. The fourth-order valence-corrected chi connectivity index (χ4v) is 14.1. The Morgan fingerprint density at radius 3 is 1.59 bits per heavy atom. The third-order valence-corrected chi connectivity index (χ3v) is 17.9. The molecule has 0 radical (unpaired) electrons. The Morgan fingerprint density at radius 2 is 0.819 bits per heavy atom. The Labute approximate surface area is 477 Å². The molecule has 83 heavy (non-hydrogen) atoms. The number of thiophene rings is 1. The highest BCUT2D eigenvalue weighted by atomic mass is 32.1. The molecular formula is C75H43N5O2S. The second-order valence-corrected chi connectivity index (χ2v) is 22.5. The van der Waals surface area contributed by atoms with Gasteiger partial charge in [0.2, 0.25) is 0 Å². The molecule has 0 aliphatic carbocycles. The molecule has 0 fully saturated rings. The van der Waals surface area contributed by atoms with E-state index < -0.39 is 0 Å². The van der Waals surface area contributed by atoms with Crippen molar-refractivity contribution in [1.82, 2.24) is 24.1 Å². The second kappa shape index (κ2) is 17.8. The Balaban J connectivity index is 0.749. The van der Waals surface area contributed by atoms with Crippen molar-refractivity contribution in [2.75, 3.05) is 0 Å². The van der Waals surface area contributed by atoms with Gasteiger partial charge >= 0.3 is 0 Å². The van der Waals surface area contributed by atoms with Gasteiger partial charge in [0.05, 0.1) is 22.1 Å². The molecular weight excluding hydrogens is 1030 g/mol. The summed E-state index contributed by atoms with van der Waals surface area (Å²) in [6.07, 6.45) is 0. The first-order valence-electron chi connectivity index (χ1n) is 27.9. The molecule has 0 amide bonds. The monoisotopic (exact) mass is 1080 g/mol. The van der Waals surface area contributed by atoms with E-state index in [9.17, 15) is 0 Å². The first-order chi connectivity index (χ1) is 41.1. The van der Waals surface area contributed by atoms with Crippen molar-refractivity contribution >= 4 is 119 Å². The molecule has 0 aliphatic rings. The molecule has 0 unspecified atom stereocenters. The van der Waals surface area contributed by atoms with Gasteiger partial charge in [0, 0.05) is 97.4 Å². The fraction of sp³-hybridized carbons (Fsp3) is 0. The molecule has 0 aliphatic heterocycles. The van der Waals surface area contributed by atoms with Crippen molar-refractivity contribution in [2.45, 2.75) is 0 Å². The minimum atomic E-state index is 0.544. The van der Waals surface area contributed by atoms with Crippen molar-refractivity contribution in [3.63, 3.8) is 0 Å². The number of fused-ring (bicyclic) bond motifs is 15. The van der Waals surface area contributed by atoms with Gasteiger partial charge in [-0.1, -0.05) is 152 Å². The van der Waals surface area contributed by atoms with E-state index in [4.69, 9.17) is 23.8 Å². The summed E-state index contributed by atoms with van der Waals surface area (Å²) in [5, 5.41) is 11.4. The summed E-state index contributed by atoms with van der Waals surface area (Å²) in [7, 11) is 0. The Morgan fingerprint density at radius 1 is 0.265 bits per heavy atom. The van der Waals surface area contributed by atoms with Crippen molar-refractivity contribution in [2.24, 2.45) is 0 Å². The Bertz CT molecular complexity index is 5660. The zero-order valence-electron chi connectivity index (χ0n) is 44.3. The highest BCUT2D eigenvalue weighted by Gasteiger charge is 2.22. The summed E-state index contributed by atoms with van der Waals surface area (Å²) in [6, 6.07) is 92.7. The molecule has 0 saturated heterocycles. The first kappa shape index (κ1) is 45.9. The molecule has 8 heteroatoms. The summed E-state index contributed by atoms with van der Waals surface area (Å²) in [4.78, 5) is 15.7. The number of hydrogen-bond donors (Lipinski definition) is 0. The van der Waals surface area contributed by atoms with Crippen molar-refractivity contribution in [3.8, 4) is 67.8 Å². The van der Waals surface area contributed by atoms with Crippen LogP contribution in [0.3, 0.4) is 0 Å². The van der Waals surface area contributed by atoms with Gasteiger partial charge in [0.15, 0.2) is 17.5 Å². The summed E-state index contributed by atoms with van der Waals surface area (Å²) < 4.78 is 20.6. The smallest absolute Gasteiger partial charge is 0.164 e. The lowest BCUT2D eigenvalue weighted by Crippen LogP contribution is -2.00. The third kappa shape index (κ3) is 7.06. The molecule has 386 valence electrons. The van der Waals surface area contributed by atoms with Crippen LogP contribution < -0.4 is 0 Å². The highest BCUT2D eigenvalue weighted by Crippen LogP contribution is 2.45. The van der Waals surface area contributed by atoms with Crippen molar-refractivity contribution in [3.05, 3.63) is 261 Å². The van der Waals surface area contributed by atoms with Gasteiger partial charge in [-0.25, -0.2) is 15.0 Å². The standard InChI is InChI=1S/C75H43N5O2S/c1-3-15-44(16-4-1)73-76-74(48-29-34-55-56-35-33-50(43-68(56)82-67(55)42-48)80-61-24-10-7-19-52(61)53-20-8-11-25-62(53)80)78-75(77-73)57-23-13-27-66-71(57)59-39-45(31-37-65(59)81-66)46-32-38-69-60(40-46)72-51(22-14-28-70(72)83-69)47-30-36-64-58(41-47)54-21-9-12-26-63(54)79(64)49-17-5-2-6-18-49/h1-43H. The van der Waals surface area contributed by atoms with E-state index in [1.165, 1.54) is 63.9 Å². The third-order valence-electron chi connectivity index (χ3n) is 16.8. The van der Waals surface area contributed by atoms with Crippen LogP contribution in [-0.2, 0) is 0 Å². The molecule has 18 rings (SSSR count). The van der Waals surface area contributed by atoms with Crippen LogP contribution in [0.5, 0.6) is 0 Å². The van der Waals surface area contributed by atoms with Gasteiger partial charge < -0.3 is 18.0 Å². The maximum Gasteiger partial charge on any atom is 0.164 e. The molecule has 0 spiro atoms. The van der Waals surface area contributed by atoms with E-state index in [1.807, 2.05) is 53.8 Å². The lowest BCUT2D eigenvalue weighted by molar-refractivity contribution is 0.668. The molecule has 0 atom stereocenters. The summed E-state index contributed by atoms with van der Waals surface area (Å²) in [6.45, 7) is 0. The Hall–Kier alpha value is -10.9. The molecule has 6 heterocycles. The quantitative estimate of drug-likeness (QED) is 0.159. The van der Waals surface area contributed by atoms with E-state index in [1.54, 1.807) is 0 Å². The van der Waals surface area contributed by atoms with Gasteiger partial charge in [-0.15, -0.1) is 11.3 Å². The number of aromatic nitrogens is 5. The van der Waals surface area contributed by atoms with E-state index in [0.717, 1.165) is 94.1 Å². The second-order valence-electron chi connectivity index (χ2n) is 21.4. The van der Waals surface area contributed by atoms with Gasteiger partial charge in [0.25, 0.3) is 0 Å². The molecule has 0 N–H and O–H groups in total. The van der Waals surface area contributed by atoms with Crippen LogP contribution >= 0.6 is 11.3 Å². The van der Waals surface area contributed by atoms with Crippen LogP contribution in [0.2, 0.25) is 0 Å². The van der Waals surface area contributed by atoms with Crippen LogP contribution in [0.1, 0.15) is 0 Å². The number of nitrogens with zero attached hydrogens (tertiary/aromatic N) is 5. The van der Waals surface area contributed by atoms with Crippen LogP contribution in [0.4, 0.5) is 0 Å². The maximum absolute atomic E-state index is 6.76. The number of para-hydroxylation sites is 4. The van der Waals surface area contributed by atoms with Gasteiger partial charge in [-0.05, 0) is 125 Å². The average molecular weight is 1080 g/mol. The normalized spacial score (nSPS) is 12.1. The number of furan rings is 2. The van der Waals surface area contributed by atoms with Gasteiger partial charge in [-0.2, -0.15) is 0 Å². The van der Waals surface area contributed by atoms with Crippen molar-refractivity contribution in [1.29, 1.82) is 0 Å². The van der Waals surface area contributed by atoms with E-state index in [-0.39, 0.29) is 0 Å². The minimum absolute atomic E-state index is 0.544. The largest absolute Gasteiger partial charge is 0.456 e. The van der Waals surface area contributed by atoms with E-state index in [0.29, 0.717) is 17.5 Å². The average Bonchev–Trinajstić information content (AvgIpc) is 2.71. The molecule has 12 aromatic carbocycles. The predicted molar refractivity (Wildman–Crippen MR) is 343 cm³/mol. The lowest BCUT2D eigenvalue weighted by atomic mass is 9.96. The maximum atomic E-state index is 6.76. The van der Waals surface area contributed by atoms with Crippen LogP contribution in [-0.4, -0.2) is 24.1 Å². The van der Waals surface area contributed by atoms with Gasteiger partial charge in [0.1, 0.15) is 22.3 Å². The summed E-state index contributed by atoms with van der Waals surface area (Å²) in [5.41, 5.74) is 17.2. The lowest BCUT2D eigenvalue weighted by Gasteiger charge is -2.10. The van der Waals surface area contributed by atoms with Crippen LogP contribution in [0.15, 0.2) is 270 Å². The molecule has 18 aromatic rings. The van der Waals surface area contributed by atoms with Crippen LogP contribution in [0.25, 0.3) is 175 Å². The SMILES string of the molecule is c1ccc(-c2nc(-c3ccc4c(c3)oc3cc(-n5c6ccccc6c6ccccc65)ccc34)nc(-c3cccc4oc5ccc(-c6ccc7sc8cccc(-c9ccc%10c(c9)c9ccccc9n%10-c9ccccc9)c8c7c6)cc5c34)n2)cc1. The fourth-order valence-electron chi connectivity index (χ4n) is 13.0. The van der Waals surface area contributed by atoms with E-state index in [2.05, 4.69) is 228 Å². The van der Waals surface area contributed by atoms with Gasteiger partial charge in [-0.3, -0.25) is 0 Å². The first-order valence-corrected chi connectivity index (χ1v) is 28.7. The van der Waals surface area contributed by atoms with Crippen molar-refractivity contribution < 1.29 is 8.83 Å². The number of benzene rings is 12. The molecule has 0 saturated carbocycles. The Kier molecular flexibility index (Phi) is 9.83. The topological polar surface area (TPSA) is 74.8 Å². The zero-order valence-corrected chi connectivity index (χ0v) is 45.1.